The maximum absolute atomic E-state index is 12.6. The molecule has 0 saturated heterocycles. The summed E-state index contributed by atoms with van der Waals surface area (Å²) in [4.78, 5) is 0. The van der Waals surface area contributed by atoms with Gasteiger partial charge in [0.25, 0.3) is 0 Å². The van der Waals surface area contributed by atoms with Gasteiger partial charge in [0.15, 0.2) is 9.84 Å². The molecule has 3 atom stereocenters. The van der Waals surface area contributed by atoms with E-state index in [4.69, 9.17) is 0 Å². The summed E-state index contributed by atoms with van der Waals surface area (Å²) in [6, 6.07) is 0.174. The van der Waals surface area contributed by atoms with Gasteiger partial charge in [0.05, 0.1) is 11.0 Å². The Labute approximate surface area is 112 Å². The minimum Gasteiger partial charge on any atom is -0.316 e. The molecular formula is C14H27NO2S. The Morgan fingerprint density at radius 2 is 1.78 bits per heavy atom. The summed E-state index contributed by atoms with van der Waals surface area (Å²) in [5.74, 6) is 1.42. The smallest absolute Gasteiger partial charge is 0.154 e. The second-order valence-corrected chi connectivity index (χ2v) is 8.60. The van der Waals surface area contributed by atoms with Gasteiger partial charge < -0.3 is 5.32 Å². The zero-order valence-electron chi connectivity index (χ0n) is 11.7. The molecule has 0 radical (unpaired) electrons. The normalized spacial score (nSPS) is 34.9. The molecule has 0 heterocycles. The second kappa shape index (κ2) is 5.91. The van der Waals surface area contributed by atoms with Crippen LogP contribution in [-0.2, 0) is 9.84 Å². The van der Waals surface area contributed by atoms with Crippen molar-refractivity contribution in [3.05, 3.63) is 0 Å². The van der Waals surface area contributed by atoms with Gasteiger partial charge in [-0.1, -0.05) is 19.8 Å². The first-order valence-electron chi connectivity index (χ1n) is 7.41. The fourth-order valence-corrected chi connectivity index (χ4v) is 6.32. The lowest BCUT2D eigenvalue weighted by atomic mass is 9.87. The Morgan fingerprint density at radius 3 is 2.39 bits per heavy atom. The van der Waals surface area contributed by atoms with Crippen LogP contribution in [0.2, 0.25) is 0 Å². The van der Waals surface area contributed by atoms with E-state index in [2.05, 4.69) is 12.2 Å². The van der Waals surface area contributed by atoms with E-state index >= 15 is 0 Å². The van der Waals surface area contributed by atoms with Crippen molar-refractivity contribution in [1.29, 1.82) is 0 Å². The number of hydrogen-bond acceptors (Lipinski definition) is 3. The second-order valence-electron chi connectivity index (χ2n) is 6.33. The van der Waals surface area contributed by atoms with Gasteiger partial charge >= 0.3 is 0 Å². The van der Waals surface area contributed by atoms with Gasteiger partial charge in [-0.3, -0.25) is 0 Å². The molecule has 2 fully saturated rings. The molecule has 18 heavy (non-hydrogen) atoms. The highest BCUT2D eigenvalue weighted by Gasteiger charge is 2.38. The first-order chi connectivity index (χ1) is 8.53. The SMILES string of the molecule is CNC1CCC(C)CC1S(=O)(=O)CC1CCCC1. The number of hydrogen-bond donors (Lipinski definition) is 1. The van der Waals surface area contributed by atoms with Crippen LogP contribution in [0.1, 0.15) is 51.9 Å². The van der Waals surface area contributed by atoms with Gasteiger partial charge in [0.2, 0.25) is 0 Å². The lowest BCUT2D eigenvalue weighted by Crippen LogP contribution is -2.47. The van der Waals surface area contributed by atoms with Crippen LogP contribution >= 0.6 is 0 Å². The van der Waals surface area contributed by atoms with Gasteiger partial charge in [-0.15, -0.1) is 0 Å². The van der Waals surface area contributed by atoms with Crippen LogP contribution in [0.25, 0.3) is 0 Å². The number of rotatable bonds is 4. The lowest BCUT2D eigenvalue weighted by molar-refractivity contribution is 0.318. The van der Waals surface area contributed by atoms with Crippen molar-refractivity contribution in [3.63, 3.8) is 0 Å². The summed E-state index contributed by atoms with van der Waals surface area (Å²) in [5, 5.41) is 3.08. The Kier molecular flexibility index (Phi) is 4.70. The van der Waals surface area contributed by atoms with Crippen LogP contribution < -0.4 is 5.32 Å². The molecule has 3 unspecified atom stereocenters. The van der Waals surface area contributed by atoms with Crippen molar-refractivity contribution < 1.29 is 8.42 Å². The molecule has 2 saturated carbocycles. The van der Waals surface area contributed by atoms with Crippen molar-refractivity contribution in [2.24, 2.45) is 11.8 Å². The molecule has 2 aliphatic rings. The molecule has 0 spiro atoms. The van der Waals surface area contributed by atoms with E-state index in [0.717, 1.165) is 32.1 Å². The minimum atomic E-state index is -2.92. The zero-order chi connectivity index (χ0) is 13.2. The van der Waals surface area contributed by atoms with Gasteiger partial charge in [-0.2, -0.15) is 0 Å². The Hall–Kier alpha value is -0.0900. The van der Waals surface area contributed by atoms with Crippen LogP contribution in [0, 0.1) is 11.8 Å². The topological polar surface area (TPSA) is 46.2 Å². The lowest BCUT2D eigenvalue weighted by Gasteiger charge is -2.34. The molecule has 0 bridgehead atoms. The standard InChI is InChI=1S/C14H27NO2S/c1-11-7-8-13(15-2)14(9-11)18(16,17)10-12-5-3-4-6-12/h11-15H,3-10H2,1-2H3. The van der Waals surface area contributed by atoms with Crippen molar-refractivity contribution in [1.82, 2.24) is 5.32 Å². The Balaban J connectivity index is 2.05. The first-order valence-corrected chi connectivity index (χ1v) is 9.13. The van der Waals surface area contributed by atoms with Gasteiger partial charge in [0, 0.05) is 6.04 Å². The number of nitrogens with one attached hydrogen (secondary N) is 1. The molecule has 2 aliphatic carbocycles. The van der Waals surface area contributed by atoms with Crippen molar-refractivity contribution >= 4 is 9.84 Å². The molecule has 0 amide bonds. The summed E-state index contributed by atoms with van der Waals surface area (Å²) in [7, 11) is -1.02. The van der Waals surface area contributed by atoms with Crippen LogP contribution in [0.3, 0.4) is 0 Å². The van der Waals surface area contributed by atoms with Crippen LogP contribution in [0.4, 0.5) is 0 Å². The minimum absolute atomic E-state index is 0.146. The highest BCUT2D eigenvalue weighted by Crippen LogP contribution is 2.32. The van der Waals surface area contributed by atoms with E-state index in [1.165, 1.54) is 12.8 Å². The molecule has 106 valence electrons. The molecule has 0 aromatic rings. The van der Waals surface area contributed by atoms with Crippen molar-refractivity contribution in [3.8, 4) is 0 Å². The van der Waals surface area contributed by atoms with Crippen LogP contribution in [0.5, 0.6) is 0 Å². The summed E-state index contributed by atoms with van der Waals surface area (Å²) >= 11 is 0. The van der Waals surface area contributed by atoms with E-state index in [9.17, 15) is 8.42 Å². The van der Waals surface area contributed by atoms with Crippen molar-refractivity contribution in [2.45, 2.75) is 63.2 Å². The maximum atomic E-state index is 12.6. The predicted octanol–water partition coefficient (Wildman–Crippen LogP) is 2.37. The average molecular weight is 273 g/mol. The van der Waals surface area contributed by atoms with Gasteiger partial charge in [0.1, 0.15) is 0 Å². The zero-order valence-corrected chi connectivity index (χ0v) is 12.5. The molecule has 0 aromatic carbocycles. The summed E-state index contributed by atoms with van der Waals surface area (Å²) < 4.78 is 25.2. The van der Waals surface area contributed by atoms with Crippen molar-refractivity contribution in [2.75, 3.05) is 12.8 Å². The third-order valence-electron chi connectivity index (χ3n) is 4.83. The Morgan fingerprint density at radius 1 is 1.11 bits per heavy atom. The fourth-order valence-electron chi connectivity index (χ4n) is 3.68. The van der Waals surface area contributed by atoms with E-state index in [-0.39, 0.29) is 11.3 Å². The largest absolute Gasteiger partial charge is 0.316 e. The molecule has 3 nitrogen and oxygen atoms in total. The Bertz CT molecular complexity index is 360. The van der Waals surface area contributed by atoms with Crippen LogP contribution in [0.15, 0.2) is 0 Å². The third kappa shape index (κ3) is 3.27. The quantitative estimate of drug-likeness (QED) is 0.855. The average Bonchev–Trinajstić information content (AvgIpc) is 2.81. The van der Waals surface area contributed by atoms with Gasteiger partial charge in [-0.25, -0.2) is 8.42 Å². The van der Waals surface area contributed by atoms with E-state index in [1.54, 1.807) is 0 Å². The molecular weight excluding hydrogens is 246 g/mol. The van der Waals surface area contributed by atoms with E-state index in [0.29, 0.717) is 17.6 Å². The third-order valence-corrected chi connectivity index (χ3v) is 7.21. The first kappa shape index (κ1) is 14.3. The summed E-state index contributed by atoms with van der Waals surface area (Å²) in [6.45, 7) is 2.18. The summed E-state index contributed by atoms with van der Waals surface area (Å²) in [6.07, 6.45) is 7.68. The summed E-state index contributed by atoms with van der Waals surface area (Å²) in [5.41, 5.74) is 0. The molecule has 0 aromatic heterocycles. The monoisotopic (exact) mass is 273 g/mol. The number of sulfone groups is 1. The van der Waals surface area contributed by atoms with E-state index in [1.807, 2.05) is 7.05 Å². The highest BCUT2D eigenvalue weighted by molar-refractivity contribution is 7.92. The molecule has 0 aliphatic heterocycles. The fraction of sp³-hybridized carbons (Fsp3) is 1.00. The molecule has 4 heteroatoms. The highest BCUT2D eigenvalue weighted by atomic mass is 32.2. The van der Waals surface area contributed by atoms with Gasteiger partial charge in [-0.05, 0) is 51.0 Å². The maximum Gasteiger partial charge on any atom is 0.154 e. The molecule has 1 N–H and O–H groups in total. The predicted molar refractivity (Wildman–Crippen MR) is 75.4 cm³/mol. The van der Waals surface area contributed by atoms with Crippen LogP contribution in [-0.4, -0.2) is 32.5 Å². The van der Waals surface area contributed by atoms with E-state index < -0.39 is 9.84 Å². The molecule has 2 rings (SSSR count).